The van der Waals surface area contributed by atoms with Gasteiger partial charge in [-0.25, -0.2) is 4.79 Å². The summed E-state index contributed by atoms with van der Waals surface area (Å²) in [5.74, 6) is -0.158. The van der Waals surface area contributed by atoms with Gasteiger partial charge in [-0.1, -0.05) is 28.1 Å². The van der Waals surface area contributed by atoms with Crippen molar-refractivity contribution in [1.29, 1.82) is 0 Å². The van der Waals surface area contributed by atoms with E-state index in [0.29, 0.717) is 11.5 Å². The predicted octanol–water partition coefficient (Wildman–Crippen LogP) is 2.70. The van der Waals surface area contributed by atoms with E-state index in [1.54, 1.807) is 12.1 Å². The van der Waals surface area contributed by atoms with Crippen LogP contribution >= 0.6 is 15.9 Å². The van der Waals surface area contributed by atoms with Crippen molar-refractivity contribution in [2.75, 3.05) is 0 Å². The molecule has 1 unspecified atom stereocenters. The second-order valence-electron chi connectivity index (χ2n) is 3.83. The summed E-state index contributed by atoms with van der Waals surface area (Å²) in [5, 5.41) is 17.8. The van der Waals surface area contributed by atoms with E-state index >= 15 is 0 Å². The van der Waals surface area contributed by atoms with E-state index in [4.69, 9.17) is 9.52 Å². The molecule has 1 aromatic carbocycles. The van der Waals surface area contributed by atoms with Gasteiger partial charge in [0.15, 0.2) is 6.10 Å². The van der Waals surface area contributed by atoms with E-state index in [-0.39, 0.29) is 6.42 Å². The molecule has 1 atom stereocenters. The van der Waals surface area contributed by atoms with Crippen LogP contribution in [0.25, 0.3) is 11.3 Å². The van der Waals surface area contributed by atoms with Crippen molar-refractivity contribution < 1.29 is 19.4 Å². The first-order chi connectivity index (χ1) is 8.56. The lowest BCUT2D eigenvalue weighted by Gasteiger charge is -2.02. The van der Waals surface area contributed by atoms with Crippen LogP contribution in [0, 0.1) is 0 Å². The molecule has 0 bridgehead atoms. The van der Waals surface area contributed by atoms with Crippen molar-refractivity contribution in [3.8, 4) is 11.3 Å². The average Bonchev–Trinajstić information content (AvgIpc) is 2.78. The van der Waals surface area contributed by atoms with E-state index in [9.17, 15) is 9.90 Å². The normalized spacial score (nSPS) is 12.3. The molecule has 0 saturated heterocycles. The molecule has 2 rings (SSSR count). The molecule has 2 aromatic rings. The Morgan fingerprint density at radius 2 is 1.89 bits per heavy atom. The highest BCUT2D eigenvalue weighted by molar-refractivity contribution is 9.10. The van der Waals surface area contributed by atoms with Crippen LogP contribution in [0.5, 0.6) is 0 Å². The molecule has 1 heterocycles. The number of rotatable bonds is 4. The molecule has 4 nitrogen and oxygen atoms in total. The minimum absolute atomic E-state index is 0.0359. The molecular formula is C13H11BrO4. The Bertz CT molecular complexity index is 544. The predicted molar refractivity (Wildman–Crippen MR) is 69.2 cm³/mol. The molecule has 0 saturated carbocycles. The molecule has 5 heteroatoms. The summed E-state index contributed by atoms with van der Waals surface area (Å²) >= 11 is 3.34. The first-order valence-electron chi connectivity index (χ1n) is 5.32. The van der Waals surface area contributed by atoms with E-state index in [0.717, 1.165) is 10.0 Å². The highest BCUT2D eigenvalue weighted by Gasteiger charge is 2.16. The third-order valence-corrected chi connectivity index (χ3v) is 3.00. The van der Waals surface area contributed by atoms with Crippen LogP contribution in [0.1, 0.15) is 5.76 Å². The number of aliphatic hydroxyl groups excluding tert-OH is 1. The molecule has 0 radical (unpaired) electrons. The first kappa shape index (κ1) is 12.9. The Morgan fingerprint density at radius 3 is 2.50 bits per heavy atom. The van der Waals surface area contributed by atoms with Gasteiger partial charge in [-0.3, -0.25) is 0 Å². The highest BCUT2D eigenvalue weighted by atomic mass is 79.9. The number of aliphatic carboxylic acids is 1. The Labute approximate surface area is 112 Å². The molecule has 0 amide bonds. The summed E-state index contributed by atoms with van der Waals surface area (Å²) in [7, 11) is 0. The number of carboxylic acids is 1. The topological polar surface area (TPSA) is 70.7 Å². The summed E-state index contributed by atoms with van der Waals surface area (Å²) in [4.78, 5) is 10.5. The van der Waals surface area contributed by atoms with Crippen LogP contribution < -0.4 is 0 Å². The van der Waals surface area contributed by atoms with Crippen LogP contribution in [0.15, 0.2) is 45.3 Å². The molecule has 1 aromatic heterocycles. The van der Waals surface area contributed by atoms with Gasteiger partial charge < -0.3 is 14.6 Å². The lowest BCUT2D eigenvalue weighted by Crippen LogP contribution is -2.21. The van der Waals surface area contributed by atoms with Crippen molar-refractivity contribution in [3.63, 3.8) is 0 Å². The maximum Gasteiger partial charge on any atom is 0.332 e. The second-order valence-corrected chi connectivity index (χ2v) is 4.75. The van der Waals surface area contributed by atoms with Gasteiger partial charge in [-0.15, -0.1) is 0 Å². The van der Waals surface area contributed by atoms with Gasteiger partial charge in [0.25, 0.3) is 0 Å². The summed E-state index contributed by atoms with van der Waals surface area (Å²) in [5.41, 5.74) is 0.897. The zero-order valence-electron chi connectivity index (χ0n) is 9.34. The summed E-state index contributed by atoms with van der Waals surface area (Å²) in [6.07, 6.45) is -1.47. The van der Waals surface area contributed by atoms with Crippen LogP contribution in [0.3, 0.4) is 0 Å². The Hall–Kier alpha value is -1.59. The summed E-state index contributed by atoms with van der Waals surface area (Å²) in [6, 6.07) is 11.0. The fourth-order valence-corrected chi connectivity index (χ4v) is 1.80. The van der Waals surface area contributed by atoms with E-state index in [1.807, 2.05) is 24.3 Å². The van der Waals surface area contributed by atoms with E-state index in [2.05, 4.69) is 15.9 Å². The second kappa shape index (κ2) is 5.37. The van der Waals surface area contributed by atoms with Crippen molar-refractivity contribution in [2.24, 2.45) is 0 Å². The smallest absolute Gasteiger partial charge is 0.332 e. The SMILES string of the molecule is O=C(O)C(O)Cc1ccc(-c2ccc(Br)cc2)o1. The molecule has 0 spiro atoms. The number of aliphatic hydroxyl groups is 1. The third-order valence-electron chi connectivity index (χ3n) is 2.47. The number of halogens is 1. The van der Waals surface area contributed by atoms with Crippen LogP contribution in [0.4, 0.5) is 0 Å². The van der Waals surface area contributed by atoms with Gasteiger partial charge >= 0.3 is 5.97 Å². The van der Waals surface area contributed by atoms with Crippen LogP contribution in [0.2, 0.25) is 0 Å². The number of carbonyl (C=O) groups is 1. The number of furan rings is 1. The summed E-state index contributed by atoms with van der Waals surface area (Å²) in [6.45, 7) is 0. The van der Waals surface area contributed by atoms with Gasteiger partial charge in [-0.2, -0.15) is 0 Å². The van der Waals surface area contributed by atoms with Crippen molar-refractivity contribution in [1.82, 2.24) is 0 Å². The Morgan fingerprint density at radius 1 is 1.22 bits per heavy atom. The molecule has 94 valence electrons. The molecular weight excluding hydrogens is 300 g/mol. The maximum atomic E-state index is 10.5. The minimum Gasteiger partial charge on any atom is -0.479 e. The Balaban J connectivity index is 2.15. The molecule has 0 aliphatic rings. The van der Waals surface area contributed by atoms with Gasteiger partial charge in [0.1, 0.15) is 11.5 Å². The number of carboxylic acid groups (broad SMARTS) is 1. The van der Waals surface area contributed by atoms with Crippen molar-refractivity contribution in [3.05, 3.63) is 46.6 Å². The van der Waals surface area contributed by atoms with Gasteiger partial charge in [0.05, 0.1) is 0 Å². The lowest BCUT2D eigenvalue weighted by molar-refractivity contribution is -0.146. The standard InChI is InChI=1S/C13H11BrO4/c14-9-3-1-8(2-4-9)12-6-5-10(18-12)7-11(15)13(16)17/h1-6,11,15H,7H2,(H,16,17). The average molecular weight is 311 g/mol. The molecule has 18 heavy (non-hydrogen) atoms. The number of hydrogen-bond acceptors (Lipinski definition) is 3. The van der Waals surface area contributed by atoms with E-state index in [1.165, 1.54) is 0 Å². The fourth-order valence-electron chi connectivity index (χ4n) is 1.53. The van der Waals surface area contributed by atoms with Crippen molar-refractivity contribution in [2.45, 2.75) is 12.5 Å². The van der Waals surface area contributed by atoms with Crippen molar-refractivity contribution >= 4 is 21.9 Å². The summed E-state index contributed by atoms with van der Waals surface area (Å²) < 4.78 is 6.46. The van der Waals surface area contributed by atoms with Crippen LogP contribution in [-0.4, -0.2) is 22.3 Å². The monoisotopic (exact) mass is 310 g/mol. The fraction of sp³-hybridized carbons (Fsp3) is 0.154. The lowest BCUT2D eigenvalue weighted by atomic mass is 10.2. The molecule has 2 N–H and O–H groups in total. The largest absolute Gasteiger partial charge is 0.479 e. The molecule has 0 fully saturated rings. The maximum absolute atomic E-state index is 10.5. The zero-order valence-corrected chi connectivity index (χ0v) is 10.9. The van der Waals surface area contributed by atoms with E-state index < -0.39 is 12.1 Å². The number of hydrogen-bond donors (Lipinski definition) is 2. The zero-order chi connectivity index (χ0) is 13.1. The highest BCUT2D eigenvalue weighted by Crippen LogP contribution is 2.24. The van der Waals surface area contributed by atoms with Gasteiger partial charge in [-0.05, 0) is 24.3 Å². The Kier molecular flexibility index (Phi) is 3.84. The van der Waals surface area contributed by atoms with Gasteiger partial charge in [0, 0.05) is 16.5 Å². The van der Waals surface area contributed by atoms with Crippen LogP contribution in [-0.2, 0) is 11.2 Å². The molecule has 0 aliphatic heterocycles. The molecule has 0 aliphatic carbocycles. The third kappa shape index (κ3) is 3.00. The minimum atomic E-state index is -1.44. The number of benzene rings is 1. The first-order valence-corrected chi connectivity index (χ1v) is 6.11. The van der Waals surface area contributed by atoms with Gasteiger partial charge in [0.2, 0.25) is 0 Å². The quantitative estimate of drug-likeness (QED) is 0.911.